The highest BCUT2D eigenvalue weighted by atomic mass is 16.3. The van der Waals surface area contributed by atoms with Gasteiger partial charge in [0.1, 0.15) is 0 Å². The van der Waals surface area contributed by atoms with Gasteiger partial charge in [-0.1, -0.05) is 163 Å². The third kappa shape index (κ3) is 34.2. The zero-order chi connectivity index (χ0) is 42.9. The van der Waals surface area contributed by atoms with Gasteiger partial charge in [-0.25, -0.2) is 4.79 Å². The average molecular weight is 837 g/mol. The van der Waals surface area contributed by atoms with E-state index in [0.717, 1.165) is 78.0 Å². The third-order valence-corrected chi connectivity index (χ3v) is 13.1. The Morgan fingerprint density at radius 3 is 1.49 bits per heavy atom. The summed E-state index contributed by atoms with van der Waals surface area (Å²) in [5.74, 6) is 1.24. The predicted molar refractivity (Wildman–Crippen MR) is 255 cm³/mol. The van der Waals surface area contributed by atoms with Crippen molar-refractivity contribution in [2.24, 2.45) is 11.8 Å². The number of nitrogens with one attached hydrogen (secondary N) is 4. The van der Waals surface area contributed by atoms with E-state index in [0.29, 0.717) is 24.4 Å². The van der Waals surface area contributed by atoms with Crippen LogP contribution in [0.15, 0.2) is 0 Å². The van der Waals surface area contributed by atoms with Crippen LogP contribution < -0.4 is 21.3 Å². The minimum atomic E-state index is -0.648. The lowest BCUT2D eigenvalue weighted by Crippen LogP contribution is -2.46. The first-order chi connectivity index (χ1) is 29.0. The van der Waals surface area contributed by atoms with E-state index in [2.05, 4.69) is 58.8 Å². The van der Waals surface area contributed by atoms with Gasteiger partial charge in [-0.05, 0) is 95.7 Å². The van der Waals surface area contributed by atoms with E-state index in [1.807, 2.05) is 0 Å². The first kappa shape index (κ1) is 56.0. The number of hydrogen-bond acceptors (Lipinski definition) is 7. The standard InChI is InChI=1S/C50H104N6O3/c1-5-9-13-17-19-23-32-46(30-21-15-11-7-3)44-53-49(58)51-36-25-27-38-55(40-41-56(42-43-57)48-34-29-35-48)39-28-26-37-52-50(59)54-45-47(31-22-16-12-8-4)33-24-20-18-14-10-6-2/h46-49,51,53,57-58H,5-45H2,1-4H3,(H2,52,54,59). The van der Waals surface area contributed by atoms with Gasteiger partial charge in [0.2, 0.25) is 0 Å². The van der Waals surface area contributed by atoms with Crippen LogP contribution >= 0.6 is 0 Å². The molecular weight excluding hydrogens is 733 g/mol. The molecule has 352 valence electrons. The fourth-order valence-electron chi connectivity index (χ4n) is 8.82. The number of unbranched alkanes of at least 4 members (excludes halogenated alkanes) is 18. The lowest BCUT2D eigenvalue weighted by molar-refractivity contribution is 0.0861. The molecule has 3 unspecified atom stereocenters. The van der Waals surface area contributed by atoms with Gasteiger partial charge in [0, 0.05) is 45.3 Å². The summed E-state index contributed by atoms with van der Waals surface area (Å²) in [7, 11) is 0. The number of amides is 2. The molecule has 3 atom stereocenters. The van der Waals surface area contributed by atoms with Crippen LogP contribution in [0.5, 0.6) is 0 Å². The summed E-state index contributed by atoms with van der Waals surface area (Å²) in [6, 6.07) is 0.626. The van der Waals surface area contributed by atoms with Gasteiger partial charge in [-0.3, -0.25) is 15.5 Å². The highest BCUT2D eigenvalue weighted by Crippen LogP contribution is 2.24. The molecule has 0 radical (unpaired) electrons. The number of rotatable bonds is 46. The SMILES string of the molecule is CCCCCCCCC(CCCCCC)CNC(=O)NCCCCN(CCCCNC(O)NCC(CCCCCC)CCCCCCCC)CCN(CCO)C1CCC1. The molecule has 0 bridgehead atoms. The molecule has 9 heteroatoms. The molecule has 6 N–H and O–H groups in total. The van der Waals surface area contributed by atoms with Crippen LogP contribution in [0.3, 0.4) is 0 Å². The van der Waals surface area contributed by atoms with E-state index in [1.54, 1.807) is 0 Å². The number of carbonyl (C=O) groups excluding carboxylic acids is 1. The maximum absolute atomic E-state index is 12.8. The van der Waals surface area contributed by atoms with E-state index in [4.69, 9.17) is 0 Å². The normalized spacial score (nSPS) is 14.8. The molecule has 1 aliphatic carbocycles. The van der Waals surface area contributed by atoms with Crippen molar-refractivity contribution < 1.29 is 15.0 Å². The Kier molecular flexibility index (Phi) is 40.2. The quantitative estimate of drug-likeness (QED) is 0.0267. The second-order valence-electron chi connectivity index (χ2n) is 18.5. The van der Waals surface area contributed by atoms with E-state index >= 15 is 0 Å². The number of nitrogens with zero attached hydrogens (tertiary/aromatic N) is 2. The third-order valence-electron chi connectivity index (χ3n) is 13.1. The van der Waals surface area contributed by atoms with Crippen molar-refractivity contribution in [1.29, 1.82) is 0 Å². The van der Waals surface area contributed by atoms with Crippen LogP contribution in [-0.2, 0) is 0 Å². The van der Waals surface area contributed by atoms with Crippen molar-refractivity contribution in [2.75, 3.05) is 65.5 Å². The Morgan fingerprint density at radius 1 is 0.525 bits per heavy atom. The maximum atomic E-state index is 12.8. The molecule has 1 rings (SSSR count). The van der Waals surface area contributed by atoms with Crippen LogP contribution in [0.2, 0.25) is 0 Å². The van der Waals surface area contributed by atoms with Crippen molar-refractivity contribution in [3.05, 3.63) is 0 Å². The van der Waals surface area contributed by atoms with Crippen LogP contribution in [0.1, 0.15) is 227 Å². The molecule has 59 heavy (non-hydrogen) atoms. The van der Waals surface area contributed by atoms with Crippen LogP contribution in [0.4, 0.5) is 4.79 Å². The summed E-state index contributed by atoms with van der Waals surface area (Å²) >= 11 is 0. The Bertz CT molecular complexity index is 880. The fraction of sp³-hybridized carbons (Fsp3) is 0.980. The van der Waals surface area contributed by atoms with E-state index in [-0.39, 0.29) is 12.6 Å². The lowest BCUT2D eigenvalue weighted by Gasteiger charge is -2.38. The highest BCUT2D eigenvalue weighted by molar-refractivity contribution is 5.73. The van der Waals surface area contributed by atoms with Gasteiger partial charge in [-0.2, -0.15) is 0 Å². The minimum Gasteiger partial charge on any atom is -0.395 e. The number of hydrogen-bond donors (Lipinski definition) is 6. The lowest BCUT2D eigenvalue weighted by atomic mass is 9.91. The minimum absolute atomic E-state index is 0.00650. The molecule has 9 nitrogen and oxygen atoms in total. The van der Waals surface area contributed by atoms with Crippen molar-refractivity contribution in [2.45, 2.75) is 239 Å². The van der Waals surface area contributed by atoms with Crippen LogP contribution in [-0.4, -0.2) is 104 Å². The van der Waals surface area contributed by atoms with Gasteiger partial charge in [0.05, 0.1) is 6.61 Å². The van der Waals surface area contributed by atoms with Gasteiger partial charge in [-0.15, -0.1) is 0 Å². The Balaban J connectivity index is 2.47. The van der Waals surface area contributed by atoms with Gasteiger partial charge in [0.15, 0.2) is 6.35 Å². The summed E-state index contributed by atoms with van der Waals surface area (Å²) in [4.78, 5) is 17.9. The zero-order valence-corrected chi connectivity index (χ0v) is 40.0. The monoisotopic (exact) mass is 837 g/mol. The maximum Gasteiger partial charge on any atom is 0.314 e. The molecule has 1 fully saturated rings. The number of aliphatic hydroxyl groups excluding tert-OH is 2. The Morgan fingerprint density at radius 2 is 1.00 bits per heavy atom. The summed E-state index contributed by atoms with van der Waals surface area (Å²) in [5.41, 5.74) is 0. The van der Waals surface area contributed by atoms with Crippen molar-refractivity contribution >= 4 is 6.03 Å². The largest absolute Gasteiger partial charge is 0.395 e. The predicted octanol–water partition coefficient (Wildman–Crippen LogP) is 11.1. The molecule has 2 amide bonds. The molecule has 1 aliphatic rings. The number of aliphatic hydroxyl groups is 2. The summed E-state index contributed by atoms with van der Waals surface area (Å²) in [6.07, 6.45) is 38.7. The molecule has 1 saturated carbocycles. The van der Waals surface area contributed by atoms with Crippen LogP contribution in [0, 0.1) is 11.8 Å². The second kappa shape index (κ2) is 42.3. The fourth-order valence-corrected chi connectivity index (χ4v) is 8.82. The first-order valence-corrected chi connectivity index (χ1v) is 26.2. The molecule has 0 saturated heterocycles. The van der Waals surface area contributed by atoms with Crippen molar-refractivity contribution in [3.8, 4) is 0 Å². The molecular formula is C50H104N6O3. The summed E-state index contributed by atoms with van der Waals surface area (Å²) < 4.78 is 0. The molecule has 0 aromatic carbocycles. The van der Waals surface area contributed by atoms with Gasteiger partial charge < -0.3 is 25.7 Å². The number of carbonyl (C=O) groups is 1. The number of urea groups is 1. The van der Waals surface area contributed by atoms with E-state index in [9.17, 15) is 15.0 Å². The molecule has 0 heterocycles. The zero-order valence-electron chi connectivity index (χ0n) is 40.0. The molecule has 0 aromatic rings. The Labute approximate surface area is 367 Å². The first-order valence-electron chi connectivity index (χ1n) is 26.2. The van der Waals surface area contributed by atoms with E-state index < -0.39 is 6.35 Å². The summed E-state index contributed by atoms with van der Waals surface area (Å²) in [6.45, 7) is 17.4. The second-order valence-corrected chi connectivity index (χ2v) is 18.5. The van der Waals surface area contributed by atoms with Crippen LogP contribution in [0.25, 0.3) is 0 Å². The smallest absolute Gasteiger partial charge is 0.314 e. The van der Waals surface area contributed by atoms with Gasteiger partial charge in [0.25, 0.3) is 0 Å². The van der Waals surface area contributed by atoms with Crippen molar-refractivity contribution in [1.82, 2.24) is 31.1 Å². The van der Waals surface area contributed by atoms with Crippen molar-refractivity contribution in [3.63, 3.8) is 0 Å². The molecule has 0 aromatic heterocycles. The highest BCUT2D eigenvalue weighted by Gasteiger charge is 2.24. The van der Waals surface area contributed by atoms with E-state index in [1.165, 1.54) is 173 Å². The summed E-state index contributed by atoms with van der Waals surface area (Å²) in [5, 5.41) is 33.6. The van der Waals surface area contributed by atoms with Gasteiger partial charge >= 0.3 is 6.03 Å². The molecule has 0 spiro atoms. The average Bonchev–Trinajstić information content (AvgIpc) is 3.21. The topological polar surface area (TPSA) is 112 Å². The Hall–Kier alpha value is -0.970. The molecule has 0 aliphatic heterocycles.